The van der Waals surface area contributed by atoms with Crippen LogP contribution < -0.4 is 10.6 Å². The van der Waals surface area contributed by atoms with E-state index < -0.39 is 30.1 Å². The van der Waals surface area contributed by atoms with E-state index in [-0.39, 0.29) is 37.2 Å². The standard InChI is InChI=1S/C29H36N2O5/c1-5-16-36-27(34)17-25(32)28(18(2)3)31-29(35)19(4)30-26(33)15-14-24-22-12-8-6-10-20(22)21-11-7-9-13-23(21)24/h5-13,18-19,24-25,28,32H,1,14-17H2,2-4H3,(H,30,33)(H,31,35)/t19?,25-,28+/m0/s1. The smallest absolute Gasteiger partial charge is 0.308 e. The van der Waals surface area contributed by atoms with Crippen molar-refractivity contribution in [3.63, 3.8) is 0 Å². The van der Waals surface area contributed by atoms with Gasteiger partial charge in [0.25, 0.3) is 0 Å². The number of carbonyl (C=O) groups is 3. The van der Waals surface area contributed by atoms with Crippen molar-refractivity contribution in [2.24, 2.45) is 5.92 Å². The Morgan fingerprint density at radius 3 is 2.14 bits per heavy atom. The van der Waals surface area contributed by atoms with Crippen LogP contribution in [0.25, 0.3) is 11.1 Å². The number of nitrogens with one attached hydrogen (secondary N) is 2. The van der Waals surface area contributed by atoms with Gasteiger partial charge in [-0.1, -0.05) is 75.0 Å². The SMILES string of the molecule is C=CCOC(=O)C[C@H](O)[C@H](NC(=O)C(C)NC(=O)CCC1c2ccccc2-c2ccccc21)C(C)C. The molecule has 0 saturated heterocycles. The third-order valence-electron chi connectivity index (χ3n) is 6.57. The Hall–Kier alpha value is -3.45. The topological polar surface area (TPSA) is 105 Å². The van der Waals surface area contributed by atoms with Gasteiger partial charge in [0, 0.05) is 12.3 Å². The molecule has 0 aliphatic heterocycles. The zero-order chi connectivity index (χ0) is 26.2. The Morgan fingerprint density at radius 2 is 1.58 bits per heavy atom. The van der Waals surface area contributed by atoms with Crippen LogP contribution in [0, 0.1) is 5.92 Å². The van der Waals surface area contributed by atoms with Crippen molar-refractivity contribution < 1.29 is 24.2 Å². The fraction of sp³-hybridized carbons (Fsp3) is 0.414. The van der Waals surface area contributed by atoms with Crippen molar-refractivity contribution >= 4 is 17.8 Å². The quantitative estimate of drug-likeness (QED) is 0.310. The van der Waals surface area contributed by atoms with Crippen molar-refractivity contribution in [1.82, 2.24) is 10.6 Å². The van der Waals surface area contributed by atoms with Crippen LogP contribution in [0.2, 0.25) is 0 Å². The molecule has 0 heterocycles. The van der Waals surface area contributed by atoms with E-state index in [0.717, 1.165) is 0 Å². The van der Waals surface area contributed by atoms with Gasteiger partial charge >= 0.3 is 5.97 Å². The number of aliphatic hydroxyl groups excluding tert-OH is 1. The first-order valence-corrected chi connectivity index (χ1v) is 12.5. The average Bonchev–Trinajstić information content (AvgIpc) is 3.17. The van der Waals surface area contributed by atoms with Crippen molar-refractivity contribution in [1.29, 1.82) is 0 Å². The number of carbonyl (C=O) groups excluding carboxylic acids is 3. The molecule has 3 rings (SSSR count). The first-order chi connectivity index (χ1) is 17.2. The number of hydrogen-bond acceptors (Lipinski definition) is 5. The molecule has 2 amide bonds. The molecule has 7 heteroatoms. The maximum Gasteiger partial charge on any atom is 0.308 e. The summed E-state index contributed by atoms with van der Waals surface area (Å²) in [6.07, 6.45) is 0.990. The van der Waals surface area contributed by atoms with Crippen LogP contribution in [0.4, 0.5) is 0 Å². The minimum Gasteiger partial charge on any atom is -0.461 e. The molecule has 0 fully saturated rings. The van der Waals surface area contributed by atoms with E-state index in [1.165, 1.54) is 28.3 Å². The highest BCUT2D eigenvalue weighted by Gasteiger charge is 2.30. The molecule has 0 aromatic heterocycles. The third-order valence-corrected chi connectivity index (χ3v) is 6.57. The van der Waals surface area contributed by atoms with Crippen LogP contribution in [-0.4, -0.2) is 47.7 Å². The first kappa shape index (κ1) is 27.1. The molecule has 0 saturated carbocycles. The summed E-state index contributed by atoms with van der Waals surface area (Å²) < 4.78 is 4.92. The molecule has 2 aromatic rings. The van der Waals surface area contributed by atoms with Crippen LogP contribution in [0.5, 0.6) is 0 Å². The molecule has 3 atom stereocenters. The summed E-state index contributed by atoms with van der Waals surface area (Å²) in [7, 11) is 0. The van der Waals surface area contributed by atoms with Gasteiger partial charge in [-0.05, 0) is 41.5 Å². The zero-order valence-corrected chi connectivity index (χ0v) is 21.2. The lowest BCUT2D eigenvalue weighted by atomic mass is 9.92. The van der Waals surface area contributed by atoms with Gasteiger partial charge in [0.15, 0.2) is 0 Å². The van der Waals surface area contributed by atoms with Gasteiger partial charge in [0.2, 0.25) is 11.8 Å². The number of amides is 2. The van der Waals surface area contributed by atoms with E-state index in [2.05, 4.69) is 41.5 Å². The average molecular weight is 493 g/mol. The highest BCUT2D eigenvalue weighted by atomic mass is 16.5. The highest BCUT2D eigenvalue weighted by Crippen LogP contribution is 2.46. The largest absolute Gasteiger partial charge is 0.461 e. The van der Waals surface area contributed by atoms with E-state index >= 15 is 0 Å². The van der Waals surface area contributed by atoms with Crippen molar-refractivity contribution in [3.8, 4) is 11.1 Å². The first-order valence-electron chi connectivity index (χ1n) is 12.5. The number of esters is 1. The van der Waals surface area contributed by atoms with Crippen LogP contribution >= 0.6 is 0 Å². The van der Waals surface area contributed by atoms with Crippen molar-refractivity contribution in [2.75, 3.05) is 6.61 Å². The lowest BCUT2D eigenvalue weighted by Crippen LogP contribution is -2.53. The summed E-state index contributed by atoms with van der Waals surface area (Å²) in [4.78, 5) is 37.3. The normalized spacial score (nSPS) is 14.8. The van der Waals surface area contributed by atoms with Gasteiger partial charge in [-0.15, -0.1) is 0 Å². The minimum absolute atomic E-state index is 0.0609. The minimum atomic E-state index is -1.11. The number of benzene rings is 2. The van der Waals surface area contributed by atoms with Crippen LogP contribution in [0.3, 0.4) is 0 Å². The summed E-state index contributed by atoms with van der Waals surface area (Å²) in [5.41, 5.74) is 4.85. The van der Waals surface area contributed by atoms with Gasteiger partial charge in [-0.2, -0.15) is 0 Å². The second-order valence-electron chi connectivity index (χ2n) is 9.58. The van der Waals surface area contributed by atoms with E-state index in [0.29, 0.717) is 6.42 Å². The summed E-state index contributed by atoms with van der Waals surface area (Å²) in [6.45, 7) is 8.82. The number of rotatable bonds is 12. The molecule has 2 aromatic carbocycles. The third kappa shape index (κ3) is 6.61. The molecule has 1 aliphatic carbocycles. The molecule has 1 aliphatic rings. The van der Waals surface area contributed by atoms with Crippen LogP contribution in [0.15, 0.2) is 61.2 Å². The fourth-order valence-corrected chi connectivity index (χ4v) is 4.73. The van der Waals surface area contributed by atoms with Crippen LogP contribution in [-0.2, 0) is 19.1 Å². The molecular formula is C29H36N2O5. The monoisotopic (exact) mass is 492 g/mol. The van der Waals surface area contributed by atoms with Gasteiger partial charge in [-0.25, -0.2) is 0 Å². The Balaban J connectivity index is 1.54. The highest BCUT2D eigenvalue weighted by molar-refractivity contribution is 5.87. The predicted molar refractivity (Wildman–Crippen MR) is 139 cm³/mol. The zero-order valence-electron chi connectivity index (χ0n) is 21.2. The summed E-state index contributed by atoms with van der Waals surface area (Å²) in [5.74, 6) is -1.21. The maximum absolute atomic E-state index is 12.8. The molecule has 1 unspecified atom stereocenters. The maximum atomic E-state index is 12.8. The second-order valence-corrected chi connectivity index (χ2v) is 9.58. The van der Waals surface area contributed by atoms with E-state index in [9.17, 15) is 19.5 Å². The van der Waals surface area contributed by atoms with Gasteiger partial charge < -0.3 is 20.5 Å². The Bertz CT molecular complexity index is 1050. The molecule has 7 nitrogen and oxygen atoms in total. The molecule has 0 radical (unpaired) electrons. The number of aliphatic hydroxyl groups is 1. The van der Waals surface area contributed by atoms with Crippen LogP contribution in [0.1, 0.15) is 57.1 Å². The summed E-state index contributed by atoms with van der Waals surface area (Å²) >= 11 is 0. The molecule has 0 bridgehead atoms. The molecule has 192 valence electrons. The van der Waals surface area contributed by atoms with Gasteiger partial charge in [0.1, 0.15) is 12.6 Å². The molecule has 36 heavy (non-hydrogen) atoms. The van der Waals surface area contributed by atoms with E-state index in [1.807, 2.05) is 38.1 Å². The Kier molecular flexibility index (Phi) is 9.42. The van der Waals surface area contributed by atoms with Gasteiger partial charge in [-0.3, -0.25) is 14.4 Å². The summed E-state index contributed by atoms with van der Waals surface area (Å²) in [6, 6.07) is 15.1. The molecular weight excluding hydrogens is 456 g/mol. The molecule has 3 N–H and O–H groups in total. The number of ether oxygens (including phenoxy) is 1. The van der Waals surface area contributed by atoms with E-state index in [4.69, 9.17) is 4.74 Å². The molecule has 0 spiro atoms. The summed E-state index contributed by atoms with van der Waals surface area (Å²) in [5, 5.41) is 16.0. The number of hydrogen-bond donors (Lipinski definition) is 3. The van der Waals surface area contributed by atoms with E-state index in [1.54, 1.807) is 6.92 Å². The predicted octanol–water partition coefficient (Wildman–Crippen LogP) is 3.70. The second kappa shape index (κ2) is 12.5. The number of fused-ring (bicyclic) bond motifs is 3. The Morgan fingerprint density at radius 1 is 1.00 bits per heavy atom. The lowest BCUT2D eigenvalue weighted by Gasteiger charge is -2.28. The Labute approximate surface area is 212 Å². The lowest BCUT2D eigenvalue weighted by molar-refractivity contribution is -0.145. The van der Waals surface area contributed by atoms with Crippen molar-refractivity contribution in [2.45, 2.75) is 64.1 Å². The fourth-order valence-electron chi connectivity index (χ4n) is 4.73. The van der Waals surface area contributed by atoms with Gasteiger partial charge in [0.05, 0.1) is 18.6 Å². The van der Waals surface area contributed by atoms with Crippen molar-refractivity contribution in [3.05, 3.63) is 72.3 Å².